The van der Waals surface area contributed by atoms with E-state index in [-0.39, 0.29) is 0 Å². The molecule has 0 N–H and O–H groups in total. The van der Waals surface area contributed by atoms with E-state index >= 15 is 0 Å². The molecule has 0 unspecified atom stereocenters. The normalized spacial score (nSPS) is 20.3. The third-order valence-corrected chi connectivity index (χ3v) is 3.83. The van der Waals surface area contributed by atoms with Crippen molar-refractivity contribution in [2.75, 3.05) is 20.2 Å². The predicted octanol–water partition coefficient (Wildman–Crippen LogP) is 3.34. The van der Waals surface area contributed by atoms with Gasteiger partial charge in [0.15, 0.2) is 0 Å². The van der Waals surface area contributed by atoms with Crippen molar-refractivity contribution in [3.8, 4) is 5.88 Å². The summed E-state index contributed by atoms with van der Waals surface area (Å²) in [7, 11) is 1.67. The van der Waals surface area contributed by atoms with E-state index in [1.807, 2.05) is 6.07 Å². The van der Waals surface area contributed by atoms with Crippen LogP contribution in [-0.2, 0) is 0 Å². The standard InChI is InChI=1S/C15H24N2O/c1-4-5-10-17-11-6-7-14(17)13-8-9-15(18-3)16-12(13)2/h8-9,14H,4-7,10-11H2,1-3H3/t14-/m1/s1. The highest BCUT2D eigenvalue weighted by Gasteiger charge is 2.26. The van der Waals surface area contributed by atoms with Crippen molar-refractivity contribution in [1.29, 1.82) is 0 Å². The van der Waals surface area contributed by atoms with Gasteiger partial charge in [-0.25, -0.2) is 4.98 Å². The Bertz CT molecular complexity index is 392. The summed E-state index contributed by atoms with van der Waals surface area (Å²) in [5.41, 5.74) is 2.49. The molecule has 18 heavy (non-hydrogen) atoms. The minimum atomic E-state index is 0.565. The quantitative estimate of drug-likeness (QED) is 0.799. The van der Waals surface area contributed by atoms with Gasteiger partial charge in [0.2, 0.25) is 5.88 Å². The Morgan fingerprint density at radius 3 is 2.94 bits per heavy atom. The van der Waals surface area contributed by atoms with Gasteiger partial charge in [0, 0.05) is 17.8 Å². The van der Waals surface area contributed by atoms with Gasteiger partial charge in [-0.15, -0.1) is 0 Å². The van der Waals surface area contributed by atoms with Crippen LogP contribution in [0.4, 0.5) is 0 Å². The Hall–Kier alpha value is -1.09. The van der Waals surface area contributed by atoms with Crippen LogP contribution in [0.1, 0.15) is 49.9 Å². The van der Waals surface area contributed by atoms with Crippen molar-refractivity contribution in [3.63, 3.8) is 0 Å². The number of aryl methyl sites for hydroxylation is 1. The van der Waals surface area contributed by atoms with Gasteiger partial charge in [-0.3, -0.25) is 4.90 Å². The molecule has 0 spiro atoms. The molecule has 2 rings (SSSR count). The lowest BCUT2D eigenvalue weighted by molar-refractivity contribution is 0.252. The van der Waals surface area contributed by atoms with Crippen LogP contribution in [-0.4, -0.2) is 30.1 Å². The zero-order valence-corrected chi connectivity index (χ0v) is 11.8. The Balaban J connectivity index is 2.14. The van der Waals surface area contributed by atoms with Gasteiger partial charge in [-0.2, -0.15) is 0 Å². The highest BCUT2D eigenvalue weighted by atomic mass is 16.5. The molecular weight excluding hydrogens is 224 g/mol. The number of ether oxygens (including phenoxy) is 1. The number of likely N-dealkylation sites (tertiary alicyclic amines) is 1. The monoisotopic (exact) mass is 248 g/mol. The van der Waals surface area contributed by atoms with Crippen LogP contribution in [0.2, 0.25) is 0 Å². The first-order valence-electron chi connectivity index (χ1n) is 7.01. The molecule has 0 saturated carbocycles. The lowest BCUT2D eigenvalue weighted by atomic mass is 10.0. The van der Waals surface area contributed by atoms with Gasteiger partial charge in [0.05, 0.1) is 7.11 Å². The molecular formula is C15H24N2O. The molecule has 1 fully saturated rings. The first-order chi connectivity index (χ1) is 8.76. The molecule has 100 valence electrons. The molecule has 0 radical (unpaired) electrons. The van der Waals surface area contributed by atoms with E-state index in [2.05, 4.69) is 29.8 Å². The summed E-state index contributed by atoms with van der Waals surface area (Å²) in [6, 6.07) is 4.74. The topological polar surface area (TPSA) is 25.4 Å². The summed E-state index contributed by atoms with van der Waals surface area (Å²) in [5.74, 6) is 0.717. The Morgan fingerprint density at radius 1 is 1.44 bits per heavy atom. The molecule has 1 saturated heterocycles. The fourth-order valence-corrected chi connectivity index (χ4v) is 2.82. The van der Waals surface area contributed by atoms with Crippen LogP contribution in [0, 0.1) is 6.92 Å². The molecule has 1 aromatic heterocycles. The summed E-state index contributed by atoms with van der Waals surface area (Å²) < 4.78 is 5.18. The third kappa shape index (κ3) is 2.83. The number of unbranched alkanes of at least 4 members (excludes halogenated alkanes) is 1. The molecule has 3 heteroatoms. The van der Waals surface area contributed by atoms with E-state index in [1.54, 1.807) is 7.11 Å². The summed E-state index contributed by atoms with van der Waals surface area (Å²) in [4.78, 5) is 7.11. The fourth-order valence-electron chi connectivity index (χ4n) is 2.82. The highest BCUT2D eigenvalue weighted by Crippen LogP contribution is 2.33. The van der Waals surface area contributed by atoms with E-state index < -0.39 is 0 Å². The second-order valence-electron chi connectivity index (χ2n) is 5.08. The Kier molecular flexibility index (Phi) is 4.59. The van der Waals surface area contributed by atoms with Crippen LogP contribution in [0.5, 0.6) is 5.88 Å². The average molecular weight is 248 g/mol. The third-order valence-electron chi connectivity index (χ3n) is 3.83. The van der Waals surface area contributed by atoms with Gasteiger partial charge in [-0.1, -0.05) is 19.4 Å². The minimum Gasteiger partial charge on any atom is -0.481 e. The molecule has 2 heterocycles. The predicted molar refractivity (Wildman–Crippen MR) is 74.0 cm³/mol. The molecule has 1 aromatic rings. The summed E-state index contributed by atoms with van der Waals surface area (Å²) in [5, 5.41) is 0. The number of hydrogen-bond donors (Lipinski definition) is 0. The molecule has 0 aliphatic carbocycles. The Labute approximate surface area is 110 Å². The van der Waals surface area contributed by atoms with Gasteiger partial charge < -0.3 is 4.74 Å². The van der Waals surface area contributed by atoms with E-state index in [9.17, 15) is 0 Å². The van der Waals surface area contributed by atoms with E-state index in [0.29, 0.717) is 11.9 Å². The van der Waals surface area contributed by atoms with Gasteiger partial charge >= 0.3 is 0 Å². The van der Waals surface area contributed by atoms with Crippen molar-refractivity contribution in [2.24, 2.45) is 0 Å². The van der Waals surface area contributed by atoms with Crippen molar-refractivity contribution in [3.05, 3.63) is 23.4 Å². The van der Waals surface area contributed by atoms with Crippen molar-refractivity contribution in [2.45, 2.75) is 45.6 Å². The minimum absolute atomic E-state index is 0.565. The maximum absolute atomic E-state index is 5.18. The van der Waals surface area contributed by atoms with Crippen molar-refractivity contribution < 1.29 is 4.74 Å². The van der Waals surface area contributed by atoms with Crippen molar-refractivity contribution in [1.82, 2.24) is 9.88 Å². The summed E-state index contributed by atoms with van der Waals surface area (Å²) in [6.45, 7) is 6.79. The fraction of sp³-hybridized carbons (Fsp3) is 0.667. The molecule has 1 atom stereocenters. The maximum atomic E-state index is 5.18. The van der Waals surface area contributed by atoms with Gasteiger partial charge in [-0.05, 0) is 44.8 Å². The first-order valence-corrected chi connectivity index (χ1v) is 7.01. The van der Waals surface area contributed by atoms with E-state index in [0.717, 1.165) is 5.69 Å². The van der Waals surface area contributed by atoms with Crippen LogP contribution in [0.3, 0.4) is 0 Å². The molecule has 1 aliphatic heterocycles. The lowest BCUT2D eigenvalue weighted by Gasteiger charge is -2.25. The smallest absolute Gasteiger partial charge is 0.213 e. The number of hydrogen-bond acceptors (Lipinski definition) is 3. The molecule has 3 nitrogen and oxygen atoms in total. The SMILES string of the molecule is CCCCN1CCC[C@@H]1c1ccc(OC)nc1C. The Morgan fingerprint density at radius 2 is 2.28 bits per heavy atom. The zero-order valence-electron chi connectivity index (χ0n) is 11.8. The second-order valence-corrected chi connectivity index (χ2v) is 5.08. The lowest BCUT2D eigenvalue weighted by Crippen LogP contribution is -2.25. The number of methoxy groups -OCH3 is 1. The zero-order chi connectivity index (χ0) is 13.0. The first kappa shape index (κ1) is 13.3. The highest BCUT2D eigenvalue weighted by molar-refractivity contribution is 5.28. The van der Waals surface area contributed by atoms with Crippen LogP contribution >= 0.6 is 0 Å². The number of aromatic nitrogens is 1. The van der Waals surface area contributed by atoms with Crippen molar-refractivity contribution >= 4 is 0 Å². The van der Waals surface area contributed by atoms with Gasteiger partial charge in [0.25, 0.3) is 0 Å². The number of nitrogens with zero attached hydrogens (tertiary/aromatic N) is 2. The molecule has 0 bridgehead atoms. The van der Waals surface area contributed by atoms with E-state index in [1.165, 1.54) is 44.3 Å². The summed E-state index contributed by atoms with van der Waals surface area (Å²) in [6.07, 6.45) is 5.13. The molecule has 1 aliphatic rings. The number of rotatable bonds is 5. The second kappa shape index (κ2) is 6.19. The van der Waals surface area contributed by atoms with E-state index in [4.69, 9.17) is 4.74 Å². The molecule has 0 aromatic carbocycles. The molecule has 0 amide bonds. The van der Waals surface area contributed by atoms with Gasteiger partial charge in [0.1, 0.15) is 0 Å². The number of pyridine rings is 1. The maximum Gasteiger partial charge on any atom is 0.213 e. The average Bonchev–Trinajstić information content (AvgIpc) is 2.84. The van der Waals surface area contributed by atoms with Crippen LogP contribution < -0.4 is 4.74 Å². The largest absolute Gasteiger partial charge is 0.481 e. The summed E-state index contributed by atoms with van der Waals surface area (Å²) >= 11 is 0. The van der Waals surface area contributed by atoms with Crippen LogP contribution in [0.15, 0.2) is 12.1 Å². The van der Waals surface area contributed by atoms with Crippen LogP contribution in [0.25, 0.3) is 0 Å².